The van der Waals surface area contributed by atoms with E-state index in [0.717, 1.165) is 30.7 Å². The Morgan fingerprint density at radius 3 is 2.84 bits per heavy atom. The molecule has 0 saturated heterocycles. The second-order valence-electron chi connectivity index (χ2n) is 6.27. The highest BCUT2D eigenvalue weighted by Gasteiger charge is 2.25. The SMILES string of the molecule is CCCC(=O)OCC(O)CN(CC)CC1CC(c2ccccc2)=NO1. The van der Waals surface area contributed by atoms with Crippen molar-refractivity contribution in [1.82, 2.24) is 4.90 Å². The third kappa shape index (κ3) is 6.48. The minimum absolute atomic E-state index is 0.0232. The summed E-state index contributed by atoms with van der Waals surface area (Å²) in [5.74, 6) is -0.260. The van der Waals surface area contributed by atoms with Crippen LogP contribution < -0.4 is 0 Å². The number of hydrogen-bond acceptors (Lipinski definition) is 6. The van der Waals surface area contributed by atoms with E-state index < -0.39 is 6.10 Å². The number of oxime groups is 1. The molecule has 1 aromatic carbocycles. The van der Waals surface area contributed by atoms with Crippen LogP contribution in [0.15, 0.2) is 35.5 Å². The summed E-state index contributed by atoms with van der Waals surface area (Å²) in [5.41, 5.74) is 2.03. The maximum absolute atomic E-state index is 11.4. The molecule has 0 bridgehead atoms. The first-order chi connectivity index (χ1) is 12.1. The lowest BCUT2D eigenvalue weighted by Crippen LogP contribution is -2.39. The number of ether oxygens (including phenoxy) is 1. The maximum atomic E-state index is 11.4. The lowest BCUT2D eigenvalue weighted by atomic mass is 10.0. The quantitative estimate of drug-likeness (QED) is 0.657. The molecule has 0 spiro atoms. The van der Waals surface area contributed by atoms with Crippen molar-refractivity contribution in [2.75, 3.05) is 26.2 Å². The van der Waals surface area contributed by atoms with Crippen molar-refractivity contribution in [3.05, 3.63) is 35.9 Å². The number of aliphatic hydroxyl groups excluding tert-OH is 1. The van der Waals surface area contributed by atoms with Crippen LogP contribution in [0.4, 0.5) is 0 Å². The van der Waals surface area contributed by atoms with Crippen LogP contribution in [0.5, 0.6) is 0 Å². The molecule has 1 heterocycles. The molecule has 0 saturated carbocycles. The molecular weight excluding hydrogens is 320 g/mol. The van der Waals surface area contributed by atoms with E-state index in [1.807, 2.05) is 44.2 Å². The van der Waals surface area contributed by atoms with Gasteiger partial charge in [0.1, 0.15) is 18.8 Å². The van der Waals surface area contributed by atoms with E-state index in [1.165, 1.54) is 0 Å². The molecule has 6 heteroatoms. The van der Waals surface area contributed by atoms with Crippen molar-refractivity contribution in [2.24, 2.45) is 5.16 Å². The maximum Gasteiger partial charge on any atom is 0.305 e. The Hall–Kier alpha value is -1.92. The number of aliphatic hydroxyl groups is 1. The Morgan fingerprint density at radius 1 is 1.40 bits per heavy atom. The molecule has 2 unspecified atom stereocenters. The van der Waals surface area contributed by atoms with Gasteiger partial charge in [-0.15, -0.1) is 0 Å². The summed E-state index contributed by atoms with van der Waals surface area (Å²) in [6.45, 7) is 5.88. The second kappa shape index (κ2) is 10.2. The Bertz CT molecular complexity index is 562. The highest BCUT2D eigenvalue weighted by atomic mass is 16.6. The van der Waals surface area contributed by atoms with Gasteiger partial charge in [-0.1, -0.05) is 49.3 Å². The molecule has 0 radical (unpaired) electrons. The largest absolute Gasteiger partial charge is 0.463 e. The van der Waals surface area contributed by atoms with Crippen molar-refractivity contribution >= 4 is 11.7 Å². The molecule has 1 N–H and O–H groups in total. The van der Waals surface area contributed by atoms with Gasteiger partial charge in [0.25, 0.3) is 0 Å². The van der Waals surface area contributed by atoms with Gasteiger partial charge in [0.15, 0.2) is 0 Å². The average molecular weight is 348 g/mol. The molecule has 2 atom stereocenters. The van der Waals surface area contributed by atoms with E-state index in [0.29, 0.717) is 19.5 Å². The number of carbonyl (C=O) groups excluding carboxylic acids is 1. The highest BCUT2D eigenvalue weighted by molar-refractivity contribution is 6.01. The smallest absolute Gasteiger partial charge is 0.305 e. The molecule has 1 aliphatic heterocycles. The van der Waals surface area contributed by atoms with Crippen LogP contribution in [0.3, 0.4) is 0 Å². The highest BCUT2D eigenvalue weighted by Crippen LogP contribution is 2.17. The van der Waals surface area contributed by atoms with Crippen molar-refractivity contribution in [3.63, 3.8) is 0 Å². The van der Waals surface area contributed by atoms with Gasteiger partial charge in [-0.2, -0.15) is 0 Å². The lowest BCUT2D eigenvalue weighted by Gasteiger charge is -2.25. The van der Waals surface area contributed by atoms with Crippen molar-refractivity contribution in [1.29, 1.82) is 0 Å². The van der Waals surface area contributed by atoms with E-state index in [4.69, 9.17) is 9.57 Å². The third-order valence-corrected chi connectivity index (χ3v) is 4.11. The number of hydrogen-bond donors (Lipinski definition) is 1. The number of benzene rings is 1. The minimum Gasteiger partial charge on any atom is -0.463 e. The topological polar surface area (TPSA) is 71.4 Å². The van der Waals surface area contributed by atoms with E-state index in [-0.39, 0.29) is 18.7 Å². The van der Waals surface area contributed by atoms with Crippen molar-refractivity contribution in [3.8, 4) is 0 Å². The van der Waals surface area contributed by atoms with Gasteiger partial charge >= 0.3 is 5.97 Å². The zero-order chi connectivity index (χ0) is 18.1. The molecule has 25 heavy (non-hydrogen) atoms. The summed E-state index contributed by atoms with van der Waals surface area (Å²) in [7, 11) is 0. The molecule has 0 amide bonds. The minimum atomic E-state index is -0.698. The molecule has 0 aromatic heterocycles. The Labute approximate surface area is 149 Å². The van der Waals surface area contributed by atoms with Gasteiger partial charge in [0.2, 0.25) is 0 Å². The zero-order valence-corrected chi connectivity index (χ0v) is 15.1. The summed E-state index contributed by atoms with van der Waals surface area (Å²) in [6, 6.07) is 10.00. The molecule has 138 valence electrons. The first-order valence-electron chi connectivity index (χ1n) is 8.96. The summed E-state index contributed by atoms with van der Waals surface area (Å²) >= 11 is 0. The van der Waals surface area contributed by atoms with Gasteiger partial charge in [0.05, 0.1) is 5.71 Å². The predicted octanol–water partition coefficient (Wildman–Crippen LogP) is 2.21. The molecule has 1 aliphatic rings. The standard InChI is InChI=1S/C19H28N2O4/c1-3-8-19(23)24-14-16(22)12-21(4-2)13-17-11-18(20-25-17)15-9-6-5-7-10-15/h5-7,9-10,16-17,22H,3-4,8,11-14H2,1-2H3. The second-order valence-corrected chi connectivity index (χ2v) is 6.27. The Kier molecular flexibility index (Phi) is 7.88. The predicted molar refractivity (Wildman–Crippen MR) is 96.5 cm³/mol. The fraction of sp³-hybridized carbons (Fsp3) is 0.579. The van der Waals surface area contributed by atoms with Gasteiger partial charge in [-0.05, 0) is 18.5 Å². The van der Waals surface area contributed by atoms with Crippen LogP contribution in [0.1, 0.15) is 38.7 Å². The van der Waals surface area contributed by atoms with Crippen LogP contribution >= 0.6 is 0 Å². The number of rotatable bonds is 10. The first kappa shape index (κ1) is 19.4. The summed E-state index contributed by atoms with van der Waals surface area (Å²) < 4.78 is 5.06. The Morgan fingerprint density at radius 2 is 2.16 bits per heavy atom. The normalized spacial score (nSPS) is 17.9. The summed E-state index contributed by atoms with van der Waals surface area (Å²) in [4.78, 5) is 19.0. The van der Waals surface area contributed by atoms with Gasteiger partial charge in [-0.3, -0.25) is 9.69 Å². The molecule has 0 aliphatic carbocycles. The van der Waals surface area contributed by atoms with E-state index in [1.54, 1.807) is 0 Å². The van der Waals surface area contributed by atoms with Crippen LogP contribution in [-0.2, 0) is 14.4 Å². The monoisotopic (exact) mass is 348 g/mol. The number of nitrogens with zero attached hydrogens (tertiary/aromatic N) is 2. The third-order valence-electron chi connectivity index (χ3n) is 4.11. The fourth-order valence-electron chi connectivity index (χ4n) is 2.76. The van der Waals surface area contributed by atoms with Crippen LogP contribution in [0, 0.1) is 0 Å². The van der Waals surface area contributed by atoms with Gasteiger partial charge < -0.3 is 14.7 Å². The van der Waals surface area contributed by atoms with E-state index >= 15 is 0 Å². The van der Waals surface area contributed by atoms with Gasteiger partial charge in [0, 0.05) is 25.9 Å². The lowest BCUT2D eigenvalue weighted by molar-refractivity contribution is -0.147. The number of esters is 1. The summed E-state index contributed by atoms with van der Waals surface area (Å²) in [5, 5.41) is 14.3. The molecular formula is C19H28N2O4. The van der Waals surface area contributed by atoms with E-state index in [2.05, 4.69) is 10.1 Å². The van der Waals surface area contributed by atoms with E-state index in [9.17, 15) is 9.90 Å². The molecule has 1 aromatic rings. The fourth-order valence-corrected chi connectivity index (χ4v) is 2.76. The average Bonchev–Trinajstić information content (AvgIpc) is 3.09. The number of likely N-dealkylation sites (N-methyl/N-ethyl adjacent to an activating group) is 1. The van der Waals surface area contributed by atoms with Crippen LogP contribution in [-0.4, -0.2) is 60.1 Å². The van der Waals surface area contributed by atoms with Crippen LogP contribution in [0.2, 0.25) is 0 Å². The number of carbonyl (C=O) groups is 1. The zero-order valence-electron chi connectivity index (χ0n) is 15.1. The molecule has 0 fully saturated rings. The van der Waals surface area contributed by atoms with Crippen molar-refractivity contribution < 1.29 is 19.5 Å². The van der Waals surface area contributed by atoms with Crippen LogP contribution in [0.25, 0.3) is 0 Å². The first-order valence-corrected chi connectivity index (χ1v) is 8.96. The molecule has 6 nitrogen and oxygen atoms in total. The summed E-state index contributed by atoms with van der Waals surface area (Å²) in [6.07, 6.45) is 1.17. The van der Waals surface area contributed by atoms with Crippen molar-refractivity contribution in [2.45, 2.75) is 45.3 Å². The van der Waals surface area contributed by atoms with Gasteiger partial charge in [-0.25, -0.2) is 0 Å². The Balaban J connectivity index is 1.74. The molecule has 2 rings (SSSR count).